The Morgan fingerprint density at radius 2 is 1.67 bits per heavy atom. The van der Waals surface area contributed by atoms with Crippen LogP contribution in [0.15, 0.2) is 78.9 Å². The fraction of sp³-hybridized carbons (Fsp3) is 0.148. The van der Waals surface area contributed by atoms with Gasteiger partial charge in [-0.25, -0.2) is 8.78 Å². The second-order valence-electron chi connectivity index (χ2n) is 7.79. The number of rotatable bonds is 6. The zero-order chi connectivity index (χ0) is 23.5. The van der Waals surface area contributed by atoms with Crippen molar-refractivity contribution in [3.05, 3.63) is 107 Å². The average molecular weight is 446 g/mol. The van der Waals surface area contributed by atoms with E-state index >= 15 is 0 Å². The molecule has 4 rings (SSSR count). The van der Waals surface area contributed by atoms with Crippen LogP contribution >= 0.6 is 0 Å². The van der Waals surface area contributed by atoms with Crippen molar-refractivity contribution in [2.45, 2.75) is 19.9 Å². The van der Waals surface area contributed by atoms with Crippen LogP contribution in [0.25, 0.3) is 16.9 Å². The number of halogens is 2. The molecular weight excluding hydrogens is 422 g/mol. The van der Waals surface area contributed by atoms with Gasteiger partial charge < -0.3 is 14.6 Å². The summed E-state index contributed by atoms with van der Waals surface area (Å²) in [6, 6.07) is 21.8. The molecule has 3 aromatic carbocycles. The summed E-state index contributed by atoms with van der Waals surface area (Å²) < 4.78 is 35.2. The molecule has 1 unspecified atom stereocenters. The van der Waals surface area contributed by atoms with Crippen molar-refractivity contribution in [1.82, 2.24) is 9.88 Å². The normalized spacial score (nSPS) is 11.8. The highest BCUT2D eigenvalue weighted by molar-refractivity contribution is 5.97. The summed E-state index contributed by atoms with van der Waals surface area (Å²) in [5, 5.41) is 3.01. The molecule has 0 fully saturated rings. The number of hydrogen-bond donors (Lipinski definition) is 1. The molecule has 0 aliphatic carbocycles. The Bertz CT molecular complexity index is 1280. The molecule has 4 aromatic rings. The van der Waals surface area contributed by atoms with Crippen molar-refractivity contribution in [1.29, 1.82) is 0 Å². The van der Waals surface area contributed by atoms with Gasteiger partial charge in [0.1, 0.15) is 17.4 Å². The number of carbonyl (C=O) groups excluding carboxylic acids is 1. The zero-order valence-corrected chi connectivity index (χ0v) is 18.6. The fourth-order valence-corrected chi connectivity index (χ4v) is 3.88. The van der Waals surface area contributed by atoms with E-state index in [-0.39, 0.29) is 17.6 Å². The number of nitrogens with one attached hydrogen (secondary N) is 1. The Labute approximate surface area is 191 Å². The van der Waals surface area contributed by atoms with Crippen molar-refractivity contribution < 1.29 is 18.3 Å². The first-order chi connectivity index (χ1) is 15.9. The Morgan fingerprint density at radius 1 is 0.970 bits per heavy atom. The molecule has 0 aliphatic rings. The molecule has 1 N–H and O–H groups in total. The van der Waals surface area contributed by atoms with Gasteiger partial charge >= 0.3 is 0 Å². The van der Waals surface area contributed by atoms with E-state index in [1.807, 2.05) is 49.4 Å². The maximum absolute atomic E-state index is 14.8. The highest BCUT2D eigenvalue weighted by Crippen LogP contribution is 2.32. The first-order valence-corrected chi connectivity index (χ1v) is 10.6. The van der Waals surface area contributed by atoms with Gasteiger partial charge in [0.2, 0.25) is 0 Å². The van der Waals surface area contributed by atoms with Crippen LogP contribution in [0.3, 0.4) is 0 Å². The smallest absolute Gasteiger partial charge is 0.253 e. The topological polar surface area (TPSA) is 43.3 Å². The predicted molar refractivity (Wildman–Crippen MR) is 125 cm³/mol. The Morgan fingerprint density at radius 3 is 2.30 bits per heavy atom. The zero-order valence-electron chi connectivity index (χ0n) is 18.6. The minimum absolute atomic E-state index is 0.162. The molecule has 0 aliphatic heterocycles. The molecule has 0 bridgehead atoms. The molecule has 1 amide bonds. The van der Waals surface area contributed by atoms with Crippen LogP contribution in [0.4, 0.5) is 8.78 Å². The van der Waals surface area contributed by atoms with Gasteiger partial charge in [0.15, 0.2) is 0 Å². The molecule has 1 atom stereocenters. The average Bonchev–Trinajstić information content (AvgIpc) is 3.16. The lowest BCUT2D eigenvalue weighted by Gasteiger charge is -2.15. The van der Waals surface area contributed by atoms with E-state index in [9.17, 15) is 13.6 Å². The maximum atomic E-state index is 14.8. The third-order valence-corrected chi connectivity index (χ3v) is 5.68. The first kappa shape index (κ1) is 22.3. The van der Waals surface area contributed by atoms with E-state index in [0.29, 0.717) is 22.7 Å². The van der Waals surface area contributed by atoms with Crippen molar-refractivity contribution in [2.24, 2.45) is 0 Å². The molecule has 6 heteroatoms. The standard InChI is InChI=1S/C27H24F2N2O2/c1-17(19-7-5-4-6-8-19)30-27(32)23-16-26(20-9-12-22(33-3)13-10-20)31(18(23)2)25-14-11-21(28)15-24(25)29/h4-17H,1-3H3,(H,30,32). The Hall–Kier alpha value is -3.93. The SMILES string of the molecule is COc1ccc(-c2cc(C(=O)NC(C)c3ccccc3)c(C)n2-c2ccc(F)cc2F)cc1. The third kappa shape index (κ3) is 4.51. The summed E-state index contributed by atoms with van der Waals surface area (Å²) in [6.07, 6.45) is 0. The van der Waals surface area contributed by atoms with Crippen LogP contribution in [0, 0.1) is 18.6 Å². The van der Waals surface area contributed by atoms with Gasteiger partial charge in [0, 0.05) is 11.8 Å². The summed E-state index contributed by atoms with van der Waals surface area (Å²) in [7, 11) is 1.58. The molecule has 168 valence electrons. The van der Waals surface area contributed by atoms with Crippen molar-refractivity contribution in [3.8, 4) is 22.7 Å². The summed E-state index contributed by atoms with van der Waals surface area (Å²) in [4.78, 5) is 13.2. The molecule has 33 heavy (non-hydrogen) atoms. The second kappa shape index (κ2) is 9.28. The first-order valence-electron chi connectivity index (χ1n) is 10.6. The summed E-state index contributed by atoms with van der Waals surface area (Å²) in [6.45, 7) is 3.65. The Balaban J connectivity index is 1.80. The fourth-order valence-electron chi connectivity index (χ4n) is 3.88. The molecule has 0 spiro atoms. The van der Waals surface area contributed by atoms with Crippen molar-refractivity contribution in [2.75, 3.05) is 7.11 Å². The lowest BCUT2D eigenvalue weighted by atomic mass is 10.1. The van der Waals surface area contributed by atoms with E-state index < -0.39 is 11.6 Å². The van der Waals surface area contributed by atoms with Crippen LogP contribution < -0.4 is 10.1 Å². The van der Waals surface area contributed by atoms with E-state index in [1.165, 1.54) is 12.1 Å². The van der Waals surface area contributed by atoms with E-state index in [0.717, 1.165) is 17.2 Å². The van der Waals surface area contributed by atoms with Crippen LogP contribution in [0.1, 0.15) is 34.6 Å². The molecular formula is C27H24F2N2O2. The molecule has 0 saturated carbocycles. The molecule has 0 saturated heterocycles. The van der Waals surface area contributed by atoms with Crippen LogP contribution in [-0.2, 0) is 0 Å². The highest BCUT2D eigenvalue weighted by Gasteiger charge is 2.22. The van der Waals surface area contributed by atoms with Crippen LogP contribution in [0.2, 0.25) is 0 Å². The number of methoxy groups -OCH3 is 1. The summed E-state index contributed by atoms with van der Waals surface area (Å²) in [5.41, 5.74) is 3.46. The summed E-state index contributed by atoms with van der Waals surface area (Å²) in [5.74, 6) is -0.981. The van der Waals surface area contributed by atoms with Gasteiger partial charge in [0.25, 0.3) is 5.91 Å². The number of benzene rings is 3. The number of hydrogen-bond acceptors (Lipinski definition) is 2. The van der Waals surface area contributed by atoms with E-state index in [1.54, 1.807) is 36.8 Å². The highest BCUT2D eigenvalue weighted by atomic mass is 19.1. The third-order valence-electron chi connectivity index (χ3n) is 5.68. The molecule has 4 nitrogen and oxygen atoms in total. The van der Waals surface area contributed by atoms with E-state index in [2.05, 4.69) is 5.32 Å². The largest absolute Gasteiger partial charge is 0.497 e. The number of ether oxygens (including phenoxy) is 1. The van der Waals surface area contributed by atoms with Crippen molar-refractivity contribution in [3.63, 3.8) is 0 Å². The van der Waals surface area contributed by atoms with Gasteiger partial charge in [-0.15, -0.1) is 0 Å². The van der Waals surface area contributed by atoms with Gasteiger partial charge in [0.05, 0.1) is 30.1 Å². The number of carbonyl (C=O) groups is 1. The Kier molecular flexibility index (Phi) is 6.27. The quantitative estimate of drug-likeness (QED) is 0.382. The predicted octanol–water partition coefficient (Wildman–Crippen LogP) is 6.23. The second-order valence-corrected chi connectivity index (χ2v) is 7.79. The molecule has 1 heterocycles. The maximum Gasteiger partial charge on any atom is 0.253 e. The minimum Gasteiger partial charge on any atom is -0.497 e. The lowest BCUT2D eigenvalue weighted by Crippen LogP contribution is -2.27. The monoisotopic (exact) mass is 446 g/mol. The number of amides is 1. The van der Waals surface area contributed by atoms with Crippen molar-refractivity contribution >= 4 is 5.91 Å². The van der Waals surface area contributed by atoms with E-state index in [4.69, 9.17) is 4.74 Å². The van der Waals surface area contributed by atoms with Crippen LogP contribution in [0.5, 0.6) is 5.75 Å². The van der Waals surface area contributed by atoms with Gasteiger partial charge in [-0.3, -0.25) is 4.79 Å². The molecule has 1 aromatic heterocycles. The van der Waals surface area contributed by atoms with Gasteiger partial charge in [-0.2, -0.15) is 0 Å². The van der Waals surface area contributed by atoms with Gasteiger partial charge in [-0.05, 0) is 67.4 Å². The van der Waals surface area contributed by atoms with Gasteiger partial charge in [-0.1, -0.05) is 30.3 Å². The minimum atomic E-state index is -0.715. The number of aromatic nitrogens is 1. The van der Waals surface area contributed by atoms with Crippen LogP contribution in [-0.4, -0.2) is 17.6 Å². The number of nitrogens with zero attached hydrogens (tertiary/aromatic N) is 1. The molecule has 0 radical (unpaired) electrons. The summed E-state index contributed by atoms with van der Waals surface area (Å²) >= 11 is 0. The lowest BCUT2D eigenvalue weighted by molar-refractivity contribution is 0.0939.